The van der Waals surface area contributed by atoms with Crippen molar-refractivity contribution >= 4 is 0 Å². The maximum absolute atomic E-state index is 5.00. The topological polar surface area (TPSA) is 12.0 Å². The first kappa shape index (κ1) is 7.52. The molecule has 0 aliphatic rings. The Balaban J connectivity index is 2.85. The summed E-state index contributed by atoms with van der Waals surface area (Å²) in [6.45, 7) is 6.02. The maximum atomic E-state index is 5.00. The SMILES string of the molecule is C#CCNCC(C)C. The summed E-state index contributed by atoms with van der Waals surface area (Å²) in [4.78, 5) is 0. The van der Waals surface area contributed by atoms with Gasteiger partial charge in [0.15, 0.2) is 0 Å². The molecule has 1 heteroatoms. The van der Waals surface area contributed by atoms with Crippen molar-refractivity contribution in [1.29, 1.82) is 0 Å². The summed E-state index contributed by atoms with van der Waals surface area (Å²) in [5.41, 5.74) is 0. The average molecular weight is 111 g/mol. The molecule has 0 atom stereocenters. The predicted molar refractivity (Wildman–Crippen MR) is 36.5 cm³/mol. The molecule has 0 aliphatic carbocycles. The second-order valence-corrected chi connectivity index (χ2v) is 2.23. The van der Waals surface area contributed by atoms with Crippen molar-refractivity contribution in [1.82, 2.24) is 5.32 Å². The molecule has 0 fully saturated rings. The predicted octanol–water partition coefficient (Wildman–Crippen LogP) is 0.865. The Morgan fingerprint density at radius 2 is 2.25 bits per heavy atom. The lowest BCUT2D eigenvalue weighted by atomic mass is 10.2. The highest BCUT2D eigenvalue weighted by Gasteiger charge is 1.87. The third-order valence-corrected chi connectivity index (χ3v) is 0.780. The number of hydrogen-bond acceptors (Lipinski definition) is 1. The first-order valence-corrected chi connectivity index (χ1v) is 2.91. The van der Waals surface area contributed by atoms with Gasteiger partial charge in [0.25, 0.3) is 0 Å². The molecule has 0 rings (SSSR count). The van der Waals surface area contributed by atoms with Crippen LogP contribution >= 0.6 is 0 Å². The minimum atomic E-state index is 0.693. The summed E-state index contributed by atoms with van der Waals surface area (Å²) in [7, 11) is 0. The lowest BCUT2D eigenvalue weighted by molar-refractivity contribution is 0.580. The van der Waals surface area contributed by atoms with Crippen LogP contribution in [0.2, 0.25) is 0 Å². The van der Waals surface area contributed by atoms with Crippen LogP contribution in [-0.4, -0.2) is 13.1 Å². The fourth-order valence-electron chi connectivity index (χ4n) is 0.433. The first-order chi connectivity index (χ1) is 3.77. The van der Waals surface area contributed by atoms with Crippen molar-refractivity contribution in [3.63, 3.8) is 0 Å². The van der Waals surface area contributed by atoms with E-state index in [4.69, 9.17) is 6.42 Å². The zero-order valence-corrected chi connectivity index (χ0v) is 5.57. The largest absolute Gasteiger partial charge is 0.306 e. The van der Waals surface area contributed by atoms with Gasteiger partial charge < -0.3 is 5.32 Å². The van der Waals surface area contributed by atoms with Crippen molar-refractivity contribution in [2.24, 2.45) is 5.92 Å². The standard InChI is InChI=1S/C7H13N/c1-4-5-8-6-7(2)3/h1,7-8H,5-6H2,2-3H3. The molecule has 8 heavy (non-hydrogen) atoms. The van der Waals surface area contributed by atoms with E-state index < -0.39 is 0 Å². The Morgan fingerprint density at radius 3 is 2.62 bits per heavy atom. The van der Waals surface area contributed by atoms with E-state index in [0.717, 1.165) is 6.54 Å². The molecule has 0 aromatic carbocycles. The number of hydrogen-bond donors (Lipinski definition) is 1. The van der Waals surface area contributed by atoms with E-state index in [1.165, 1.54) is 0 Å². The Morgan fingerprint density at radius 1 is 1.62 bits per heavy atom. The van der Waals surface area contributed by atoms with Gasteiger partial charge in [0, 0.05) is 0 Å². The van der Waals surface area contributed by atoms with Crippen LogP contribution in [0.1, 0.15) is 13.8 Å². The normalized spacial score (nSPS) is 9.25. The highest BCUT2D eigenvalue weighted by molar-refractivity contribution is 4.86. The quantitative estimate of drug-likeness (QED) is 0.421. The highest BCUT2D eigenvalue weighted by Crippen LogP contribution is 1.84. The van der Waals surface area contributed by atoms with Crippen molar-refractivity contribution in [3.8, 4) is 12.3 Å². The monoisotopic (exact) mass is 111 g/mol. The van der Waals surface area contributed by atoms with E-state index in [-0.39, 0.29) is 0 Å². The summed E-state index contributed by atoms with van der Waals surface area (Å²) in [5, 5.41) is 3.10. The van der Waals surface area contributed by atoms with Crippen LogP contribution in [0, 0.1) is 18.3 Å². The van der Waals surface area contributed by atoms with E-state index >= 15 is 0 Å². The average Bonchev–Trinajstić information content (AvgIpc) is 1.66. The molecule has 1 nitrogen and oxygen atoms in total. The van der Waals surface area contributed by atoms with Gasteiger partial charge in [0.05, 0.1) is 6.54 Å². The van der Waals surface area contributed by atoms with E-state index in [1.807, 2.05) is 0 Å². The van der Waals surface area contributed by atoms with Crippen LogP contribution in [0.25, 0.3) is 0 Å². The van der Waals surface area contributed by atoms with Crippen LogP contribution in [-0.2, 0) is 0 Å². The van der Waals surface area contributed by atoms with Crippen LogP contribution in [0.4, 0.5) is 0 Å². The molecule has 46 valence electrons. The van der Waals surface area contributed by atoms with Gasteiger partial charge in [-0.15, -0.1) is 6.42 Å². The van der Waals surface area contributed by atoms with Crippen LogP contribution < -0.4 is 5.32 Å². The molecule has 0 aliphatic heterocycles. The van der Waals surface area contributed by atoms with Crippen molar-refractivity contribution in [3.05, 3.63) is 0 Å². The van der Waals surface area contributed by atoms with Crippen LogP contribution in [0.3, 0.4) is 0 Å². The number of rotatable bonds is 3. The minimum Gasteiger partial charge on any atom is -0.306 e. The van der Waals surface area contributed by atoms with E-state index in [9.17, 15) is 0 Å². The molecule has 0 heterocycles. The molecular weight excluding hydrogens is 98.1 g/mol. The molecule has 0 saturated carbocycles. The van der Waals surface area contributed by atoms with Gasteiger partial charge in [0.2, 0.25) is 0 Å². The molecule has 0 spiro atoms. The number of nitrogens with one attached hydrogen (secondary N) is 1. The Labute approximate surface area is 51.5 Å². The zero-order chi connectivity index (χ0) is 6.41. The number of terminal acetylenes is 1. The second-order valence-electron chi connectivity index (χ2n) is 2.23. The van der Waals surface area contributed by atoms with E-state index in [1.54, 1.807) is 0 Å². The van der Waals surface area contributed by atoms with E-state index in [2.05, 4.69) is 25.1 Å². The maximum Gasteiger partial charge on any atom is 0.0573 e. The smallest absolute Gasteiger partial charge is 0.0573 e. The second kappa shape index (κ2) is 4.67. The van der Waals surface area contributed by atoms with Crippen molar-refractivity contribution in [2.75, 3.05) is 13.1 Å². The van der Waals surface area contributed by atoms with Crippen molar-refractivity contribution < 1.29 is 0 Å². The summed E-state index contributed by atoms with van der Waals surface area (Å²) in [5.74, 6) is 3.21. The van der Waals surface area contributed by atoms with Gasteiger partial charge in [0.1, 0.15) is 0 Å². The summed E-state index contributed by atoms with van der Waals surface area (Å²) < 4.78 is 0. The van der Waals surface area contributed by atoms with E-state index in [0.29, 0.717) is 12.5 Å². The molecule has 0 aromatic heterocycles. The summed E-state index contributed by atoms with van der Waals surface area (Å²) in [6.07, 6.45) is 5.00. The van der Waals surface area contributed by atoms with Crippen LogP contribution in [0.5, 0.6) is 0 Å². The Kier molecular flexibility index (Phi) is 4.39. The Bertz CT molecular complexity index is 78.9. The van der Waals surface area contributed by atoms with Gasteiger partial charge in [-0.3, -0.25) is 0 Å². The molecule has 0 aromatic rings. The zero-order valence-electron chi connectivity index (χ0n) is 5.57. The minimum absolute atomic E-state index is 0.693. The third kappa shape index (κ3) is 5.52. The van der Waals surface area contributed by atoms with Gasteiger partial charge in [-0.2, -0.15) is 0 Å². The van der Waals surface area contributed by atoms with Gasteiger partial charge in [-0.25, -0.2) is 0 Å². The lowest BCUT2D eigenvalue weighted by Gasteiger charge is -2.01. The molecule has 1 N–H and O–H groups in total. The molecule has 0 radical (unpaired) electrons. The van der Waals surface area contributed by atoms with Crippen LogP contribution in [0.15, 0.2) is 0 Å². The third-order valence-electron chi connectivity index (χ3n) is 0.780. The van der Waals surface area contributed by atoms with Gasteiger partial charge in [-0.1, -0.05) is 19.8 Å². The first-order valence-electron chi connectivity index (χ1n) is 2.91. The fourth-order valence-corrected chi connectivity index (χ4v) is 0.433. The Hall–Kier alpha value is -0.480. The summed E-state index contributed by atoms with van der Waals surface area (Å²) in [6, 6.07) is 0. The fraction of sp³-hybridized carbons (Fsp3) is 0.714. The van der Waals surface area contributed by atoms with Gasteiger partial charge in [-0.05, 0) is 12.5 Å². The molecular formula is C7H13N. The molecule has 0 unspecified atom stereocenters. The lowest BCUT2D eigenvalue weighted by Crippen LogP contribution is -2.19. The summed E-state index contributed by atoms with van der Waals surface area (Å²) >= 11 is 0. The van der Waals surface area contributed by atoms with Crippen molar-refractivity contribution in [2.45, 2.75) is 13.8 Å². The molecule has 0 amide bonds. The molecule has 0 bridgehead atoms. The highest BCUT2D eigenvalue weighted by atomic mass is 14.8. The molecule has 0 saturated heterocycles. The van der Waals surface area contributed by atoms with Gasteiger partial charge >= 0.3 is 0 Å².